The van der Waals surface area contributed by atoms with E-state index < -0.39 is 0 Å². The van der Waals surface area contributed by atoms with Crippen LogP contribution in [0.5, 0.6) is 0 Å². The molecule has 3 heteroatoms. The quantitative estimate of drug-likeness (QED) is 0.841. The molecule has 0 saturated carbocycles. The molecule has 2 rings (SSSR count). The molecule has 2 aromatic rings. The van der Waals surface area contributed by atoms with Gasteiger partial charge in [0, 0.05) is 12.6 Å². The third kappa shape index (κ3) is 3.59. The van der Waals surface area contributed by atoms with Crippen LogP contribution in [0.4, 0.5) is 4.39 Å². The number of nitrogens with one attached hydrogen (secondary N) is 1. The lowest BCUT2D eigenvalue weighted by Crippen LogP contribution is -2.18. The first kappa shape index (κ1) is 15.0. The Hall–Kier alpha value is -1.38. The van der Waals surface area contributed by atoms with Crippen molar-refractivity contribution >= 4 is 11.6 Å². The maximum Gasteiger partial charge on any atom is 0.141 e. The van der Waals surface area contributed by atoms with Gasteiger partial charge in [0.15, 0.2) is 0 Å². The molecular weight excluding hydrogens is 273 g/mol. The van der Waals surface area contributed by atoms with Crippen LogP contribution in [0.25, 0.3) is 0 Å². The molecule has 0 aromatic heterocycles. The summed E-state index contributed by atoms with van der Waals surface area (Å²) < 4.78 is 13.1. The summed E-state index contributed by atoms with van der Waals surface area (Å²) in [6.07, 6.45) is 0. The highest BCUT2D eigenvalue weighted by Crippen LogP contribution is 2.19. The molecule has 0 radical (unpaired) electrons. The Morgan fingerprint density at radius 1 is 1.10 bits per heavy atom. The van der Waals surface area contributed by atoms with Crippen LogP contribution in [0.15, 0.2) is 36.4 Å². The minimum atomic E-state index is -0.377. The topological polar surface area (TPSA) is 12.0 Å². The van der Waals surface area contributed by atoms with Crippen molar-refractivity contribution in [2.75, 3.05) is 0 Å². The lowest BCUT2D eigenvalue weighted by Gasteiger charge is -2.16. The molecule has 0 saturated heterocycles. The van der Waals surface area contributed by atoms with Crippen LogP contribution in [0.1, 0.15) is 35.2 Å². The minimum Gasteiger partial charge on any atom is -0.306 e. The molecule has 20 heavy (non-hydrogen) atoms. The van der Waals surface area contributed by atoms with Crippen molar-refractivity contribution in [2.24, 2.45) is 0 Å². The zero-order chi connectivity index (χ0) is 14.7. The second kappa shape index (κ2) is 6.38. The Bertz CT molecular complexity index is 610. The van der Waals surface area contributed by atoms with Crippen molar-refractivity contribution < 1.29 is 4.39 Å². The zero-order valence-electron chi connectivity index (χ0n) is 12.0. The molecule has 1 unspecified atom stereocenters. The molecule has 0 spiro atoms. The SMILES string of the molecule is Cc1ccc(C(C)NCc2ccc(F)c(Cl)c2)cc1C. The fourth-order valence-electron chi connectivity index (χ4n) is 2.07. The van der Waals surface area contributed by atoms with Crippen molar-refractivity contribution in [3.8, 4) is 0 Å². The Morgan fingerprint density at radius 2 is 1.85 bits per heavy atom. The Balaban J connectivity index is 2.02. The van der Waals surface area contributed by atoms with Crippen LogP contribution in [-0.4, -0.2) is 0 Å². The van der Waals surface area contributed by atoms with E-state index in [9.17, 15) is 4.39 Å². The van der Waals surface area contributed by atoms with Gasteiger partial charge in [-0.2, -0.15) is 0 Å². The van der Waals surface area contributed by atoms with Gasteiger partial charge in [0.1, 0.15) is 5.82 Å². The summed E-state index contributed by atoms with van der Waals surface area (Å²) >= 11 is 5.78. The molecule has 1 atom stereocenters. The van der Waals surface area contributed by atoms with Gasteiger partial charge in [0.2, 0.25) is 0 Å². The Kier molecular flexibility index (Phi) is 4.79. The normalized spacial score (nSPS) is 12.4. The zero-order valence-corrected chi connectivity index (χ0v) is 12.8. The molecule has 0 amide bonds. The summed E-state index contributed by atoms with van der Waals surface area (Å²) in [6.45, 7) is 7.01. The van der Waals surface area contributed by atoms with Crippen LogP contribution in [0.2, 0.25) is 5.02 Å². The molecule has 0 fully saturated rings. The lowest BCUT2D eigenvalue weighted by atomic mass is 10.0. The van der Waals surface area contributed by atoms with Crippen LogP contribution in [0, 0.1) is 19.7 Å². The van der Waals surface area contributed by atoms with E-state index in [0.29, 0.717) is 6.54 Å². The average Bonchev–Trinajstić information content (AvgIpc) is 2.43. The Labute approximate surface area is 124 Å². The maximum atomic E-state index is 13.1. The molecule has 0 aliphatic carbocycles. The number of halogens is 2. The van der Waals surface area contributed by atoms with Gasteiger partial charge in [-0.15, -0.1) is 0 Å². The van der Waals surface area contributed by atoms with Gasteiger partial charge >= 0.3 is 0 Å². The molecule has 106 valence electrons. The van der Waals surface area contributed by atoms with E-state index >= 15 is 0 Å². The van der Waals surface area contributed by atoms with Crippen LogP contribution in [0.3, 0.4) is 0 Å². The second-order valence-electron chi connectivity index (χ2n) is 5.19. The van der Waals surface area contributed by atoms with E-state index in [-0.39, 0.29) is 16.9 Å². The van der Waals surface area contributed by atoms with E-state index in [4.69, 9.17) is 11.6 Å². The van der Waals surface area contributed by atoms with E-state index in [1.807, 2.05) is 0 Å². The van der Waals surface area contributed by atoms with Crippen LogP contribution < -0.4 is 5.32 Å². The maximum absolute atomic E-state index is 13.1. The molecule has 1 nitrogen and oxygen atoms in total. The summed E-state index contributed by atoms with van der Waals surface area (Å²) in [7, 11) is 0. The van der Waals surface area contributed by atoms with E-state index in [2.05, 4.69) is 44.3 Å². The summed E-state index contributed by atoms with van der Waals surface area (Å²) in [5.74, 6) is -0.377. The van der Waals surface area contributed by atoms with Gasteiger partial charge in [0.25, 0.3) is 0 Å². The van der Waals surface area contributed by atoms with Crippen LogP contribution in [-0.2, 0) is 6.54 Å². The van der Waals surface area contributed by atoms with E-state index in [1.165, 1.54) is 22.8 Å². The lowest BCUT2D eigenvalue weighted by molar-refractivity contribution is 0.572. The van der Waals surface area contributed by atoms with E-state index in [1.54, 1.807) is 12.1 Å². The van der Waals surface area contributed by atoms with Crippen molar-refractivity contribution in [3.05, 3.63) is 69.5 Å². The first-order valence-corrected chi connectivity index (χ1v) is 7.09. The van der Waals surface area contributed by atoms with Crippen LogP contribution >= 0.6 is 11.6 Å². The molecular formula is C17H19ClFN. The fraction of sp³-hybridized carbons (Fsp3) is 0.294. The third-order valence-corrected chi connectivity index (χ3v) is 3.92. The van der Waals surface area contributed by atoms with Gasteiger partial charge in [-0.3, -0.25) is 0 Å². The van der Waals surface area contributed by atoms with Crippen molar-refractivity contribution in [3.63, 3.8) is 0 Å². The summed E-state index contributed by atoms with van der Waals surface area (Å²) in [6, 6.07) is 11.5. The molecule has 1 N–H and O–H groups in total. The average molecular weight is 292 g/mol. The summed E-state index contributed by atoms with van der Waals surface area (Å²) in [5, 5.41) is 3.60. The van der Waals surface area contributed by atoms with E-state index in [0.717, 1.165) is 5.56 Å². The predicted octanol–water partition coefficient (Wildman–Crippen LogP) is 4.95. The number of hydrogen-bond acceptors (Lipinski definition) is 1. The minimum absolute atomic E-state index is 0.170. The van der Waals surface area contributed by atoms with Gasteiger partial charge in [-0.25, -0.2) is 4.39 Å². The van der Waals surface area contributed by atoms with Crippen molar-refractivity contribution in [2.45, 2.75) is 33.4 Å². The number of aryl methyl sites for hydroxylation is 2. The highest BCUT2D eigenvalue weighted by atomic mass is 35.5. The number of benzene rings is 2. The van der Waals surface area contributed by atoms with Crippen molar-refractivity contribution in [1.82, 2.24) is 5.32 Å². The standard InChI is InChI=1S/C17H19ClFN/c1-11-4-6-15(8-12(11)2)13(3)20-10-14-5-7-17(19)16(18)9-14/h4-9,13,20H,10H2,1-3H3. The first-order valence-electron chi connectivity index (χ1n) is 6.72. The first-order chi connectivity index (χ1) is 9.47. The largest absolute Gasteiger partial charge is 0.306 e. The predicted molar refractivity (Wildman–Crippen MR) is 82.6 cm³/mol. The van der Waals surface area contributed by atoms with Gasteiger partial charge < -0.3 is 5.32 Å². The summed E-state index contributed by atoms with van der Waals surface area (Å²) in [5.41, 5.74) is 4.82. The second-order valence-corrected chi connectivity index (χ2v) is 5.60. The fourth-order valence-corrected chi connectivity index (χ4v) is 2.28. The molecule has 0 heterocycles. The molecule has 0 bridgehead atoms. The Morgan fingerprint density at radius 3 is 2.50 bits per heavy atom. The smallest absolute Gasteiger partial charge is 0.141 e. The molecule has 0 aliphatic heterocycles. The third-order valence-electron chi connectivity index (χ3n) is 3.63. The molecule has 0 aliphatic rings. The van der Waals surface area contributed by atoms with Crippen molar-refractivity contribution in [1.29, 1.82) is 0 Å². The highest BCUT2D eigenvalue weighted by molar-refractivity contribution is 6.30. The molecule has 2 aromatic carbocycles. The summed E-state index contributed by atoms with van der Waals surface area (Å²) in [4.78, 5) is 0. The number of hydrogen-bond donors (Lipinski definition) is 1. The van der Waals surface area contributed by atoms with Gasteiger partial charge in [-0.05, 0) is 55.2 Å². The van der Waals surface area contributed by atoms with Gasteiger partial charge in [-0.1, -0.05) is 35.9 Å². The highest BCUT2D eigenvalue weighted by Gasteiger charge is 2.07. The monoisotopic (exact) mass is 291 g/mol. The number of rotatable bonds is 4. The van der Waals surface area contributed by atoms with Gasteiger partial charge in [0.05, 0.1) is 5.02 Å².